The summed E-state index contributed by atoms with van der Waals surface area (Å²) in [6, 6.07) is 18.5. The van der Waals surface area contributed by atoms with E-state index >= 15 is 0 Å². The molecule has 0 aromatic heterocycles. The van der Waals surface area contributed by atoms with Gasteiger partial charge in [0.25, 0.3) is 0 Å². The zero-order chi connectivity index (χ0) is 28.2. The molecule has 0 N–H and O–H groups in total. The Morgan fingerprint density at radius 1 is 0.692 bits per heavy atom. The van der Waals surface area contributed by atoms with Crippen molar-refractivity contribution in [1.29, 1.82) is 0 Å². The second-order valence-electron chi connectivity index (χ2n) is 11.6. The van der Waals surface area contributed by atoms with Gasteiger partial charge in [-0.3, -0.25) is 0 Å². The molecule has 0 amide bonds. The number of esters is 1. The molecule has 218 valence electrons. The highest BCUT2D eigenvalue weighted by Gasteiger charge is 2.34. The summed E-state index contributed by atoms with van der Waals surface area (Å²) >= 11 is 0. The average molecular weight is 539 g/mol. The standard InChI is InChI=1S/C35H56NO3/c1-5-7-8-9-10-11-12-13-14-15-16-18-21-31-24-26-33(27-25-31)38-28-29-39-35(37)34(6-2)36(3,4)30-32-22-19-17-20-23-32/h17,19-20,22-27,34H,5-16,18,21,28-30H2,1-4H3/q+1. The quantitative estimate of drug-likeness (QED) is 0.0853. The molecule has 0 heterocycles. The van der Waals surface area contributed by atoms with Crippen LogP contribution in [-0.2, 0) is 22.5 Å². The van der Waals surface area contributed by atoms with E-state index in [2.05, 4.69) is 45.3 Å². The Labute approximate surface area is 239 Å². The Hall–Kier alpha value is -2.33. The molecule has 0 aliphatic heterocycles. The van der Waals surface area contributed by atoms with Gasteiger partial charge in [0.1, 0.15) is 25.5 Å². The summed E-state index contributed by atoms with van der Waals surface area (Å²) in [5.41, 5.74) is 2.59. The second kappa shape index (κ2) is 19.7. The van der Waals surface area contributed by atoms with E-state index in [4.69, 9.17) is 9.47 Å². The maximum Gasteiger partial charge on any atom is 0.365 e. The minimum Gasteiger partial charge on any atom is -0.490 e. The smallest absolute Gasteiger partial charge is 0.365 e. The maximum absolute atomic E-state index is 12.8. The lowest BCUT2D eigenvalue weighted by atomic mass is 10.0. The van der Waals surface area contributed by atoms with E-state index in [9.17, 15) is 4.79 Å². The summed E-state index contributed by atoms with van der Waals surface area (Å²) in [5.74, 6) is 0.677. The van der Waals surface area contributed by atoms with Crippen molar-refractivity contribution in [2.45, 2.75) is 116 Å². The first-order chi connectivity index (χ1) is 19.0. The van der Waals surface area contributed by atoms with Crippen molar-refractivity contribution in [3.63, 3.8) is 0 Å². The predicted octanol–water partition coefficient (Wildman–Crippen LogP) is 8.91. The van der Waals surface area contributed by atoms with Gasteiger partial charge in [0.05, 0.1) is 14.1 Å². The monoisotopic (exact) mass is 538 g/mol. The highest BCUT2D eigenvalue weighted by molar-refractivity contribution is 5.74. The molecule has 0 saturated carbocycles. The normalized spacial score (nSPS) is 12.3. The van der Waals surface area contributed by atoms with Gasteiger partial charge in [-0.25, -0.2) is 4.79 Å². The van der Waals surface area contributed by atoms with Gasteiger partial charge in [0.15, 0.2) is 6.04 Å². The van der Waals surface area contributed by atoms with Crippen LogP contribution in [0.5, 0.6) is 5.75 Å². The van der Waals surface area contributed by atoms with Gasteiger partial charge >= 0.3 is 5.97 Å². The number of carbonyl (C=O) groups excluding carboxylic acids is 1. The number of hydrogen-bond acceptors (Lipinski definition) is 3. The lowest BCUT2D eigenvalue weighted by Gasteiger charge is -2.36. The first-order valence-corrected chi connectivity index (χ1v) is 15.7. The topological polar surface area (TPSA) is 35.5 Å². The molecule has 4 nitrogen and oxygen atoms in total. The van der Waals surface area contributed by atoms with E-state index in [-0.39, 0.29) is 18.6 Å². The molecular weight excluding hydrogens is 482 g/mol. The van der Waals surface area contributed by atoms with Crippen LogP contribution in [0.1, 0.15) is 108 Å². The summed E-state index contributed by atoms with van der Waals surface area (Å²) in [7, 11) is 4.19. The van der Waals surface area contributed by atoms with Crippen LogP contribution >= 0.6 is 0 Å². The van der Waals surface area contributed by atoms with Gasteiger partial charge in [0.2, 0.25) is 0 Å². The minimum atomic E-state index is -0.204. The van der Waals surface area contributed by atoms with E-state index in [1.165, 1.54) is 88.2 Å². The lowest BCUT2D eigenvalue weighted by molar-refractivity contribution is -0.919. The van der Waals surface area contributed by atoms with E-state index in [1.807, 2.05) is 37.3 Å². The van der Waals surface area contributed by atoms with Crippen molar-refractivity contribution < 1.29 is 18.8 Å². The Kier molecular flexibility index (Phi) is 16.6. The van der Waals surface area contributed by atoms with Crippen molar-refractivity contribution in [3.05, 3.63) is 65.7 Å². The van der Waals surface area contributed by atoms with Gasteiger partial charge < -0.3 is 14.0 Å². The lowest BCUT2D eigenvalue weighted by Crippen LogP contribution is -2.52. The SMILES string of the molecule is CCCCCCCCCCCCCCc1ccc(OCCOC(=O)C(CC)[N+](C)(C)Cc2ccccc2)cc1. The van der Waals surface area contributed by atoms with Gasteiger partial charge in [-0.15, -0.1) is 0 Å². The van der Waals surface area contributed by atoms with Crippen LogP contribution in [0.25, 0.3) is 0 Å². The van der Waals surface area contributed by atoms with Crippen molar-refractivity contribution in [3.8, 4) is 5.75 Å². The summed E-state index contributed by atoms with van der Waals surface area (Å²) in [4.78, 5) is 12.8. The molecule has 2 aromatic rings. The molecule has 0 saturated heterocycles. The van der Waals surface area contributed by atoms with Gasteiger partial charge in [-0.2, -0.15) is 0 Å². The number of carbonyl (C=O) groups is 1. The van der Waals surface area contributed by atoms with E-state index in [0.717, 1.165) is 25.1 Å². The number of likely N-dealkylation sites (N-methyl/N-ethyl adjacent to an activating group) is 1. The fourth-order valence-corrected chi connectivity index (χ4v) is 5.43. The molecule has 0 bridgehead atoms. The highest BCUT2D eigenvalue weighted by atomic mass is 16.6. The van der Waals surface area contributed by atoms with Crippen LogP contribution in [0.3, 0.4) is 0 Å². The van der Waals surface area contributed by atoms with Crippen molar-refractivity contribution >= 4 is 5.97 Å². The number of hydrogen-bond donors (Lipinski definition) is 0. The molecule has 39 heavy (non-hydrogen) atoms. The van der Waals surface area contributed by atoms with Crippen molar-refractivity contribution in [2.24, 2.45) is 0 Å². The van der Waals surface area contributed by atoms with Crippen molar-refractivity contribution in [2.75, 3.05) is 27.3 Å². The third-order valence-electron chi connectivity index (χ3n) is 7.77. The zero-order valence-electron chi connectivity index (χ0n) is 25.5. The second-order valence-corrected chi connectivity index (χ2v) is 11.6. The summed E-state index contributed by atoms with van der Waals surface area (Å²) in [6.45, 7) is 5.75. The molecule has 0 spiro atoms. The third-order valence-corrected chi connectivity index (χ3v) is 7.77. The molecule has 0 radical (unpaired) electrons. The van der Waals surface area contributed by atoms with Crippen LogP contribution in [0.15, 0.2) is 54.6 Å². The number of quaternary nitrogens is 1. The first-order valence-electron chi connectivity index (χ1n) is 15.7. The van der Waals surface area contributed by atoms with Crippen LogP contribution in [-0.4, -0.2) is 43.8 Å². The van der Waals surface area contributed by atoms with Gasteiger partial charge in [0, 0.05) is 12.0 Å². The number of rotatable bonds is 22. The van der Waals surface area contributed by atoms with Crippen LogP contribution in [0.2, 0.25) is 0 Å². The first kappa shape index (κ1) is 32.9. The molecule has 1 atom stereocenters. The number of nitrogens with zero attached hydrogens (tertiary/aromatic N) is 1. The van der Waals surface area contributed by atoms with Gasteiger partial charge in [-0.05, 0) is 30.5 Å². The van der Waals surface area contributed by atoms with Gasteiger partial charge in [-0.1, -0.05) is 127 Å². The third kappa shape index (κ3) is 14.0. The minimum absolute atomic E-state index is 0.153. The number of aryl methyl sites for hydroxylation is 1. The number of unbranched alkanes of at least 4 members (excludes halogenated alkanes) is 11. The molecule has 0 aliphatic rings. The van der Waals surface area contributed by atoms with E-state index in [1.54, 1.807) is 0 Å². The van der Waals surface area contributed by atoms with Crippen LogP contribution in [0.4, 0.5) is 0 Å². The Morgan fingerprint density at radius 3 is 1.82 bits per heavy atom. The molecule has 2 aromatic carbocycles. The summed E-state index contributed by atoms with van der Waals surface area (Å²) < 4.78 is 12.0. The molecule has 0 fully saturated rings. The molecule has 4 heteroatoms. The number of ether oxygens (including phenoxy) is 2. The predicted molar refractivity (Wildman–Crippen MR) is 164 cm³/mol. The fourth-order valence-electron chi connectivity index (χ4n) is 5.43. The summed E-state index contributed by atoms with van der Waals surface area (Å²) in [6.07, 6.45) is 18.4. The van der Waals surface area contributed by atoms with Crippen LogP contribution in [0, 0.1) is 0 Å². The zero-order valence-corrected chi connectivity index (χ0v) is 25.5. The average Bonchev–Trinajstić information content (AvgIpc) is 2.93. The molecular formula is C35H56NO3+. The maximum atomic E-state index is 12.8. The van der Waals surface area contributed by atoms with E-state index < -0.39 is 0 Å². The Bertz CT molecular complexity index is 879. The Balaban J connectivity index is 1.55. The largest absolute Gasteiger partial charge is 0.490 e. The molecule has 1 unspecified atom stereocenters. The summed E-state index contributed by atoms with van der Waals surface area (Å²) in [5, 5.41) is 0. The number of benzene rings is 2. The van der Waals surface area contributed by atoms with Crippen LogP contribution < -0.4 is 4.74 Å². The van der Waals surface area contributed by atoms with Crippen molar-refractivity contribution in [1.82, 2.24) is 0 Å². The molecule has 2 rings (SSSR count). The Morgan fingerprint density at radius 2 is 1.26 bits per heavy atom. The van der Waals surface area contributed by atoms with E-state index in [0.29, 0.717) is 11.1 Å². The fraction of sp³-hybridized carbons (Fsp3) is 0.629. The highest BCUT2D eigenvalue weighted by Crippen LogP contribution is 2.19. The molecule has 0 aliphatic carbocycles.